The van der Waals surface area contributed by atoms with Gasteiger partial charge in [-0.1, -0.05) is 6.42 Å². The van der Waals surface area contributed by atoms with Gasteiger partial charge >= 0.3 is 0 Å². The van der Waals surface area contributed by atoms with Crippen LogP contribution in [0.4, 0.5) is 5.82 Å². The van der Waals surface area contributed by atoms with Gasteiger partial charge in [-0.2, -0.15) is 10.2 Å². The second kappa shape index (κ2) is 2.81. The van der Waals surface area contributed by atoms with E-state index in [1.54, 1.807) is 6.33 Å². The maximum absolute atomic E-state index is 5.76. The molecule has 2 aliphatic rings. The van der Waals surface area contributed by atoms with Gasteiger partial charge in [0.05, 0.1) is 12.0 Å². The molecule has 1 saturated carbocycles. The fourth-order valence-electron chi connectivity index (χ4n) is 2.35. The van der Waals surface area contributed by atoms with Crippen molar-refractivity contribution in [3.63, 3.8) is 0 Å². The molecule has 0 radical (unpaired) electrons. The Balaban J connectivity index is 2.07. The molecule has 1 atom stereocenters. The number of nitrogens with two attached hydrogens (primary N) is 1. The first-order chi connectivity index (χ1) is 6.86. The topological polar surface area (TPSA) is 70.3 Å². The van der Waals surface area contributed by atoms with Gasteiger partial charge < -0.3 is 4.98 Å². The van der Waals surface area contributed by atoms with Gasteiger partial charge in [0.25, 0.3) is 0 Å². The van der Waals surface area contributed by atoms with Crippen LogP contribution in [0, 0.1) is 0 Å². The van der Waals surface area contributed by atoms with E-state index in [4.69, 9.17) is 5.84 Å². The quantitative estimate of drug-likeness (QED) is 0.603. The van der Waals surface area contributed by atoms with Gasteiger partial charge in [0.2, 0.25) is 0 Å². The Labute approximate surface area is 82.0 Å². The van der Waals surface area contributed by atoms with Crippen molar-refractivity contribution in [2.24, 2.45) is 10.9 Å². The van der Waals surface area contributed by atoms with E-state index >= 15 is 0 Å². The number of rotatable bonds is 0. The molecule has 0 saturated heterocycles. The van der Waals surface area contributed by atoms with Crippen molar-refractivity contribution in [2.45, 2.75) is 31.6 Å². The number of aromatic nitrogens is 2. The molecule has 1 aromatic heterocycles. The van der Waals surface area contributed by atoms with Crippen molar-refractivity contribution in [3.8, 4) is 0 Å². The van der Waals surface area contributed by atoms with E-state index in [1.807, 2.05) is 0 Å². The molecular weight excluding hydrogens is 178 g/mol. The highest BCUT2D eigenvalue weighted by molar-refractivity contribution is 5.94. The number of H-pyrrole nitrogens is 1. The second-order valence-electron chi connectivity index (χ2n) is 3.87. The molecule has 3 rings (SSSR count). The number of anilines is 1. The lowest BCUT2D eigenvalue weighted by Gasteiger charge is -2.29. The third-order valence-corrected chi connectivity index (χ3v) is 3.03. The molecule has 5 heteroatoms. The van der Waals surface area contributed by atoms with Crippen molar-refractivity contribution in [3.05, 3.63) is 12.0 Å². The average Bonchev–Trinajstić information content (AvgIpc) is 2.67. The van der Waals surface area contributed by atoms with Crippen molar-refractivity contribution in [1.29, 1.82) is 0 Å². The van der Waals surface area contributed by atoms with Crippen molar-refractivity contribution < 1.29 is 0 Å². The molecule has 1 aliphatic heterocycles. The number of hydrogen-bond donors (Lipinski definition) is 2. The average molecular weight is 191 g/mol. The summed E-state index contributed by atoms with van der Waals surface area (Å²) in [4.78, 5) is 7.34. The molecule has 3 N–H and O–H groups in total. The fraction of sp³-hybridized carbons (Fsp3) is 0.556. The summed E-state index contributed by atoms with van der Waals surface area (Å²) in [5.41, 5.74) is 2.34. The van der Waals surface area contributed by atoms with Crippen LogP contribution in [-0.4, -0.2) is 15.7 Å². The van der Waals surface area contributed by atoms with E-state index in [2.05, 4.69) is 15.1 Å². The maximum Gasteiger partial charge on any atom is 0.187 e. The Kier molecular flexibility index (Phi) is 1.61. The van der Waals surface area contributed by atoms with E-state index in [-0.39, 0.29) is 0 Å². The van der Waals surface area contributed by atoms with Crippen LogP contribution in [0.15, 0.2) is 11.4 Å². The molecule has 74 valence electrons. The van der Waals surface area contributed by atoms with Crippen molar-refractivity contribution in [1.82, 2.24) is 9.97 Å². The molecule has 14 heavy (non-hydrogen) atoms. The minimum absolute atomic E-state index is 0.432. The van der Waals surface area contributed by atoms with Gasteiger partial charge in [-0.15, -0.1) is 0 Å². The molecule has 0 bridgehead atoms. The number of hydrazone groups is 1. The molecule has 2 heterocycles. The van der Waals surface area contributed by atoms with Crippen LogP contribution in [0.3, 0.4) is 0 Å². The maximum atomic E-state index is 5.76. The highest BCUT2D eigenvalue weighted by atomic mass is 15.7. The molecular formula is C9H13N5. The smallest absolute Gasteiger partial charge is 0.187 e. The molecule has 0 amide bonds. The number of imidazole rings is 1. The third-order valence-electron chi connectivity index (χ3n) is 3.03. The number of hydrogen-bond acceptors (Lipinski definition) is 4. The van der Waals surface area contributed by atoms with Gasteiger partial charge in [0.15, 0.2) is 5.82 Å². The number of aromatic amines is 1. The molecule has 1 fully saturated rings. The van der Waals surface area contributed by atoms with Crippen molar-refractivity contribution in [2.75, 3.05) is 5.12 Å². The normalized spacial score (nSPS) is 25.4. The van der Waals surface area contributed by atoms with Crippen LogP contribution in [0.2, 0.25) is 0 Å². The van der Waals surface area contributed by atoms with Gasteiger partial charge in [-0.3, -0.25) is 0 Å². The minimum atomic E-state index is 0.432. The Morgan fingerprint density at radius 2 is 2.43 bits per heavy atom. The van der Waals surface area contributed by atoms with E-state index < -0.39 is 0 Å². The molecule has 1 unspecified atom stereocenters. The summed E-state index contributed by atoms with van der Waals surface area (Å²) in [6.07, 6.45) is 6.43. The number of hydrazine groups is 1. The predicted molar refractivity (Wildman–Crippen MR) is 53.9 cm³/mol. The summed E-state index contributed by atoms with van der Waals surface area (Å²) in [6, 6.07) is 0. The first kappa shape index (κ1) is 7.99. The van der Waals surface area contributed by atoms with Gasteiger partial charge in [0, 0.05) is 11.6 Å². The predicted octanol–water partition coefficient (Wildman–Crippen LogP) is 1.12. The highest BCUT2D eigenvalue weighted by Gasteiger charge is 2.31. The third kappa shape index (κ3) is 0.988. The highest BCUT2D eigenvalue weighted by Crippen LogP contribution is 2.36. The summed E-state index contributed by atoms with van der Waals surface area (Å²) in [5, 5.41) is 5.75. The van der Waals surface area contributed by atoms with Crippen LogP contribution in [0.25, 0.3) is 0 Å². The summed E-state index contributed by atoms with van der Waals surface area (Å²) < 4.78 is 0. The lowest BCUT2D eigenvalue weighted by Crippen LogP contribution is -2.35. The first-order valence-corrected chi connectivity index (χ1v) is 5.02. The molecule has 5 nitrogen and oxygen atoms in total. The van der Waals surface area contributed by atoms with E-state index in [0.717, 1.165) is 17.9 Å². The first-order valence-electron chi connectivity index (χ1n) is 5.02. The Morgan fingerprint density at radius 1 is 1.50 bits per heavy atom. The van der Waals surface area contributed by atoms with E-state index in [0.29, 0.717) is 5.92 Å². The fourth-order valence-corrected chi connectivity index (χ4v) is 2.35. The number of nitrogens with zero attached hydrogens (tertiary/aromatic N) is 3. The summed E-state index contributed by atoms with van der Waals surface area (Å²) >= 11 is 0. The number of nitrogens with one attached hydrogen (secondary N) is 1. The van der Waals surface area contributed by atoms with Gasteiger partial charge in [-0.25, -0.2) is 10.8 Å². The molecule has 0 spiro atoms. The van der Waals surface area contributed by atoms with Crippen LogP contribution < -0.4 is 11.0 Å². The van der Waals surface area contributed by atoms with Crippen LogP contribution in [0.5, 0.6) is 0 Å². The zero-order valence-electron chi connectivity index (χ0n) is 7.90. The zero-order valence-corrected chi connectivity index (χ0v) is 7.90. The van der Waals surface area contributed by atoms with Crippen molar-refractivity contribution >= 4 is 11.5 Å². The SMILES string of the molecule is NN1N=C2CCCCC2c2[nH]cnc21. The molecule has 0 aromatic carbocycles. The van der Waals surface area contributed by atoms with Crippen LogP contribution in [-0.2, 0) is 0 Å². The second-order valence-corrected chi connectivity index (χ2v) is 3.87. The largest absolute Gasteiger partial charge is 0.346 e. The van der Waals surface area contributed by atoms with E-state index in [1.165, 1.54) is 30.1 Å². The minimum Gasteiger partial charge on any atom is -0.346 e. The van der Waals surface area contributed by atoms with Crippen LogP contribution >= 0.6 is 0 Å². The Bertz CT molecular complexity index is 380. The van der Waals surface area contributed by atoms with E-state index in [9.17, 15) is 0 Å². The monoisotopic (exact) mass is 191 g/mol. The van der Waals surface area contributed by atoms with Gasteiger partial charge in [0.1, 0.15) is 0 Å². The lowest BCUT2D eigenvalue weighted by atomic mass is 9.84. The summed E-state index contributed by atoms with van der Waals surface area (Å²) in [7, 11) is 0. The standard InChI is InChI=1S/C9H13N5/c10-14-9-8(11-5-12-9)6-3-1-2-4-7(6)13-14/h5-6H,1-4,10H2,(H,11,12). The van der Waals surface area contributed by atoms with Crippen LogP contribution in [0.1, 0.15) is 37.3 Å². The molecule has 1 aliphatic carbocycles. The summed E-state index contributed by atoms with van der Waals surface area (Å²) in [6.45, 7) is 0. The molecule has 1 aromatic rings. The Morgan fingerprint density at radius 3 is 3.36 bits per heavy atom. The number of fused-ring (bicyclic) bond motifs is 3. The lowest BCUT2D eigenvalue weighted by molar-refractivity contribution is 0.590. The Hall–Kier alpha value is -1.36. The summed E-state index contributed by atoms with van der Waals surface area (Å²) in [5.74, 6) is 6.97. The van der Waals surface area contributed by atoms with Gasteiger partial charge in [-0.05, 0) is 19.3 Å². The zero-order chi connectivity index (χ0) is 9.54.